The minimum atomic E-state index is -4.03. The van der Waals surface area contributed by atoms with E-state index in [4.69, 9.17) is 23.2 Å². The Morgan fingerprint density at radius 1 is 0.909 bits per heavy atom. The van der Waals surface area contributed by atoms with Crippen molar-refractivity contribution < 1.29 is 13.2 Å². The Hall–Kier alpha value is -2.19. The molecule has 0 spiro atoms. The predicted octanol–water partition coefficient (Wildman–Crippen LogP) is 5.71. The van der Waals surface area contributed by atoms with Crippen molar-refractivity contribution in [2.75, 3.05) is 23.1 Å². The number of anilines is 1. The van der Waals surface area contributed by atoms with E-state index in [0.29, 0.717) is 12.3 Å². The van der Waals surface area contributed by atoms with Crippen LogP contribution in [0.15, 0.2) is 76.5 Å². The number of nitrogens with one attached hydrogen (secondary N) is 1. The fourth-order valence-electron chi connectivity index (χ4n) is 3.02. The number of amides is 1. The molecule has 5 nitrogen and oxygen atoms in total. The summed E-state index contributed by atoms with van der Waals surface area (Å²) in [6.45, 7) is 3.89. The van der Waals surface area contributed by atoms with Crippen LogP contribution in [0.2, 0.25) is 10.0 Å². The number of hydrogen-bond acceptors (Lipinski definition) is 4. The molecule has 0 aliphatic carbocycles. The number of aryl methyl sites for hydroxylation is 2. The number of halogens is 2. The van der Waals surface area contributed by atoms with Gasteiger partial charge in [-0.2, -0.15) is 0 Å². The molecule has 0 fully saturated rings. The second-order valence-electron chi connectivity index (χ2n) is 7.46. The zero-order valence-corrected chi connectivity index (χ0v) is 21.4. The van der Waals surface area contributed by atoms with E-state index in [1.165, 1.54) is 35.9 Å². The van der Waals surface area contributed by atoms with Crippen molar-refractivity contribution in [1.29, 1.82) is 0 Å². The summed E-state index contributed by atoms with van der Waals surface area (Å²) in [7, 11) is -4.03. The lowest BCUT2D eigenvalue weighted by Gasteiger charge is -2.24. The maximum Gasteiger partial charge on any atom is 0.264 e. The SMILES string of the molecule is Cc1ccc(SCCNC(=O)CN(c2cc(Cl)cc(Cl)c2)S(=O)(=O)c2ccc(C)cc2)cc1. The van der Waals surface area contributed by atoms with Crippen LogP contribution in [0.5, 0.6) is 0 Å². The van der Waals surface area contributed by atoms with Gasteiger partial charge >= 0.3 is 0 Å². The Morgan fingerprint density at radius 2 is 1.45 bits per heavy atom. The molecule has 33 heavy (non-hydrogen) atoms. The largest absolute Gasteiger partial charge is 0.354 e. The van der Waals surface area contributed by atoms with Crippen molar-refractivity contribution in [2.24, 2.45) is 0 Å². The van der Waals surface area contributed by atoms with Gasteiger partial charge in [0.05, 0.1) is 10.6 Å². The highest BCUT2D eigenvalue weighted by Gasteiger charge is 2.27. The number of sulfonamides is 1. The number of carbonyl (C=O) groups is 1. The lowest BCUT2D eigenvalue weighted by atomic mass is 10.2. The first-order chi connectivity index (χ1) is 15.6. The van der Waals surface area contributed by atoms with Gasteiger partial charge in [0.15, 0.2) is 0 Å². The summed E-state index contributed by atoms with van der Waals surface area (Å²) >= 11 is 13.8. The molecule has 0 radical (unpaired) electrons. The molecule has 0 saturated heterocycles. The minimum absolute atomic E-state index is 0.0759. The number of hydrogen-bond donors (Lipinski definition) is 1. The summed E-state index contributed by atoms with van der Waals surface area (Å²) in [4.78, 5) is 13.9. The molecule has 0 unspecified atom stereocenters. The third-order valence-corrected chi connectivity index (χ3v) is 7.98. The summed E-state index contributed by atoms with van der Waals surface area (Å²) in [6.07, 6.45) is 0. The molecular weight excluding hydrogens is 499 g/mol. The first kappa shape index (κ1) is 25.4. The maximum absolute atomic E-state index is 13.4. The van der Waals surface area contributed by atoms with Crippen LogP contribution in [0.25, 0.3) is 0 Å². The third-order valence-electron chi connectivity index (χ3n) is 4.75. The lowest BCUT2D eigenvalue weighted by molar-refractivity contribution is -0.119. The summed E-state index contributed by atoms with van der Waals surface area (Å²) < 4.78 is 27.8. The Bertz CT molecular complexity index is 1200. The first-order valence-corrected chi connectivity index (χ1v) is 13.3. The molecule has 0 aromatic heterocycles. The zero-order valence-electron chi connectivity index (χ0n) is 18.2. The van der Waals surface area contributed by atoms with E-state index in [9.17, 15) is 13.2 Å². The van der Waals surface area contributed by atoms with Gasteiger partial charge in [0.1, 0.15) is 6.54 Å². The molecule has 0 bridgehead atoms. The van der Waals surface area contributed by atoms with Crippen LogP contribution in [0, 0.1) is 13.8 Å². The second-order valence-corrected chi connectivity index (χ2v) is 11.4. The number of thioether (sulfide) groups is 1. The van der Waals surface area contributed by atoms with Crippen molar-refractivity contribution in [3.63, 3.8) is 0 Å². The Balaban J connectivity index is 1.74. The molecule has 0 heterocycles. The Morgan fingerprint density at radius 3 is 2.03 bits per heavy atom. The number of carbonyl (C=O) groups excluding carboxylic acids is 1. The first-order valence-electron chi connectivity index (χ1n) is 10.2. The molecule has 3 rings (SSSR count). The van der Waals surface area contributed by atoms with E-state index in [2.05, 4.69) is 5.32 Å². The van der Waals surface area contributed by atoms with Crippen molar-refractivity contribution in [2.45, 2.75) is 23.6 Å². The average Bonchev–Trinajstić information content (AvgIpc) is 2.76. The molecule has 0 saturated carbocycles. The van der Waals surface area contributed by atoms with Gasteiger partial charge in [-0.1, -0.05) is 58.6 Å². The maximum atomic E-state index is 13.4. The van der Waals surface area contributed by atoms with E-state index in [1.807, 2.05) is 38.1 Å². The van der Waals surface area contributed by atoms with Gasteiger partial charge in [-0.15, -0.1) is 11.8 Å². The predicted molar refractivity (Wildman–Crippen MR) is 137 cm³/mol. The highest BCUT2D eigenvalue weighted by molar-refractivity contribution is 7.99. The van der Waals surface area contributed by atoms with E-state index >= 15 is 0 Å². The quantitative estimate of drug-likeness (QED) is 0.288. The van der Waals surface area contributed by atoms with Gasteiger partial charge in [-0.3, -0.25) is 9.10 Å². The molecule has 0 aliphatic heterocycles. The summed E-state index contributed by atoms with van der Waals surface area (Å²) in [5.74, 6) is 0.231. The van der Waals surface area contributed by atoms with Gasteiger partial charge in [0.2, 0.25) is 5.91 Å². The highest BCUT2D eigenvalue weighted by Crippen LogP contribution is 2.29. The number of nitrogens with zero attached hydrogens (tertiary/aromatic N) is 1. The van der Waals surface area contributed by atoms with Crippen molar-refractivity contribution in [1.82, 2.24) is 5.32 Å². The van der Waals surface area contributed by atoms with Crippen LogP contribution >= 0.6 is 35.0 Å². The molecule has 3 aromatic rings. The molecule has 3 aromatic carbocycles. The second kappa shape index (κ2) is 11.3. The van der Waals surface area contributed by atoms with E-state index in [0.717, 1.165) is 14.8 Å². The van der Waals surface area contributed by atoms with Crippen molar-refractivity contribution >= 4 is 56.6 Å². The fourth-order valence-corrected chi connectivity index (χ4v) is 5.70. The minimum Gasteiger partial charge on any atom is -0.354 e. The smallest absolute Gasteiger partial charge is 0.264 e. The summed E-state index contributed by atoms with van der Waals surface area (Å²) in [5.41, 5.74) is 2.33. The van der Waals surface area contributed by atoms with Crippen LogP contribution in [0.4, 0.5) is 5.69 Å². The highest BCUT2D eigenvalue weighted by atomic mass is 35.5. The molecule has 174 valence electrons. The van der Waals surface area contributed by atoms with Gasteiger partial charge in [0.25, 0.3) is 10.0 Å². The normalized spacial score (nSPS) is 11.3. The summed E-state index contributed by atoms with van der Waals surface area (Å²) in [5, 5.41) is 3.34. The van der Waals surface area contributed by atoms with Crippen LogP contribution in [-0.2, 0) is 14.8 Å². The number of benzene rings is 3. The molecule has 9 heteroatoms. The molecule has 0 aliphatic rings. The monoisotopic (exact) mass is 522 g/mol. The zero-order chi connectivity index (χ0) is 24.0. The van der Waals surface area contributed by atoms with Crippen molar-refractivity contribution in [3.8, 4) is 0 Å². The molecule has 0 atom stereocenters. The number of rotatable bonds is 9. The van der Waals surface area contributed by atoms with E-state index in [1.54, 1.807) is 23.9 Å². The van der Waals surface area contributed by atoms with Crippen LogP contribution in [0.3, 0.4) is 0 Å². The van der Waals surface area contributed by atoms with Crippen LogP contribution < -0.4 is 9.62 Å². The molecular formula is C24H24Cl2N2O3S2. The molecule has 1 N–H and O–H groups in total. The molecule has 1 amide bonds. The van der Waals surface area contributed by atoms with Gasteiger partial charge in [0, 0.05) is 27.2 Å². The van der Waals surface area contributed by atoms with Gasteiger partial charge in [-0.25, -0.2) is 8.42 Å². The van der Waals surface area contributed by atoms with E-state index in [-0.39, 0.29) is 20.6 Å². The Kier molecular flexibility index (Phi) is 8.70. The van der Waals surface area contributed by atoms with Crippen LogP contribution in [0.1, 0.15) is 11.1 Å². The Labute approximate surface area is 209 Å². The standard InChI is InChI=1S/C24H24Cl2N2O3S2/c1-17-3-7-22(8-4-17)32-12-11-27-24(29)16-28(21-14-19(25)13-20(26)15-21)33(30,31)23-9-5-18(2)6-10-23/h3-10,13-15H,11-12,16H2,1-2H3,(H,27,29). The topological polar surface area (TPSA) is 66.5 Å². The van der Waals surface area contributed by atoms with Crippen LogP contribution in [-0.4, -0.2) is 33.2 Å². The fraction of sp³-hybridized carbons (Fsp3) is 0.208. The summed E-state index contributed by atoms with van der Waals surface area (Å²) in [6, 6.07) is 19.0. The van der Waals surface area contributed by atoms with Gasteiger partial charge < -0.3 is 5.32 Å². The third kappa shape index (κ3) is 7.14. The lowest BCUT2D eigenvalue weighted by Crippen LogP contribution is -2.41. The average molecular weight is 524 g/mol. The van der Waals surface area contributed by atoms with Gasteiger partial charge in [-0.05, 0) is 56.3 Å². The van der Waals surface area contributed by atoms with E-state index < -0.39 is 22.5 Å². The van der Waals surface area contributed by atoms with Crippen molar-refractivity contribution in [3.05, 3.63) is 87.9 Å².